The standard InChI is InChI=1S/C18H21F2N3O/c1-12-10-17(22-21-12)18(24)23-9-3-4-13(11-23)7-8-14-15(19)5-2-6-16(14)20/h2,5-6,10,13H,3-4,7-9,11H2,1H3,(H,21,22)/t13-/m1/s1. The first kappa shape index (κ1) is 16.6. The topological polar surface area (TPSA) is 49.0 Å². The molecule has 3 rings (SSSR count). The van der Waals surface area contributed by atoms with Crippen molar-refractivity contribution in [2.75, 3.05) is 13.1 Å². The van der Waals surface area contributed by atoms with Gasteiger partial charge in [0, 0.05) is 24.3 Å². The van der Waals surface area contributed by atoms with Crippen molar-refractivity contribution in [3.05, 3.63) is 52.9 Å². The maximum absolute atomic E-state index is 13.7. The molecular formula is C18H21F2N3O. The van der Waals surface area contributed by atoms with E-state index in [2.05, 4.69) is 10.2 Å². The zero-order valence-electron chi connectivity index (χ0n) is 13.7. The van der Waals surface area contributed by atoms with Crippen LogP contribution in [-0.4, -0.2) is 34.1 Å². The fourth-order valence-corrected chi connectivity index (χ4v) is 3.29. The minimum atomic E-state index is -0.495. The van der Waals surface area contributed by atoms with E-state index in [0.29, 0.717) is 31.6 Å². The Hall–Kier alpha value is -2.24. The molecule has 1 amide bonds. The number of H-pyrrole nitrogens is 1. The number of piperidine rings is 1. The molecule has 1 aliphatic rings. The molecule has 6 heteroatoms. The highest BCUT2D eigenvalue weighted by Gasteiger charge is 2.26. The van der Waals surface area contributed by atoms with Crippen LogP contribution in [0.1, 0.15) is 41.0 Å². The fraction of sp³-hybridized carbons (Fsp3) is 0.444. The van der Waals surface area contributed by atoms with Crippen LogP contribution >= 0.6 is 0 Å². The molecule has 1 aromatic carbocycles. The van der Waals surface area contributed by atoms with Crippen LogP contribution in [0.5, 0.6) is 0 Å². The molecule has 1 saturated heterocycles. The van der Waals surface area contributed by atoms with Gasteiger partial charge in [0.2, 0.25) is 0 Å². The van der Waals surface area contributed by atoms with Gasteiger partial charge in [-0.1, -0.05) is 6.07 Å². The smallest absolute Gasteiger partial charge is 0.274 e. The molecule has 0 bridgehead atoms. The van der Waals surface area contributed by atoms with E-state index >= 15 is 0 Å². The van der Waals surface area contributed by atoms with Crippen molar-refractivity contribution in [1.29, 1.82) is 0 Å². The lowest BCUT2D eigenvalue weighted by Crippen LogP contribution is -2.40. The molecule has 1 fully saturated rings. The summed E-state index contributed by atoms with van der Waals surface area (Å²) in [5.41, 5.74) is 1.42. The molecule has 1 atom stereocenters. The third kappa shape index (κ3) is 3.63. The van der Waals surface area contributed by atoms with Gasteiger partial charge in [-0.15, -0.1) is 0 Å². The van der Waals surface area contributed by atoms with Gasteiger partial charge >= 0.3 is 0 Å². The molecule has 2 aromatic rings. The van der Waals surface area contributed by atoms with E-state index in [4.69, 9.17) is 0 Å². The fourth-order valence-electron chi connectivity index (χ4n) is 3.29. The predicted molar refractivity (Wildman–Crippen MR) is 86.6 cm³/mol. The zero-order chi connectivity index (χ0) is 17.1. The van der Waals surface area contributed by atoms with Crippen LogP contribution in [0.25, 0.3) is 0 Å². The Labute approximate surface area is 139 Å². The second-order valence-corrected chi connectivity index (χ2v) is 6.43. The van der Waals surface area contributed by atoms with E-state index in [1.165, 1.54) is 18.2 Å². The Kier molecular flexibility index (Phi) is 4.92. The van der Waals surface area contributed by atoms with Crippen LogP contribution in [0.15, 0.2) is 24.3 Å². The van der Waals surface area contributed by atoms with Gasteiger partial charge < -0.3 is 4.90 Å². The maximum atomic E-state index is 13.7. The number of hydrogen-bond acceptors (Lipinski definition) is 2. The molecule has 0 radical (unpaired) electrons. The summed E-state index contributed by atoms with van der Waals surface area (Å²) in [5, 5.41) is 6.80. The Morgan fingerprint density at radius 2 is 2.12 bits per heavy atom. The van der Waals surface area contributed by atoms with Gasteiger partial charge in [0.05, 0.1) is 0 Å². The third-order valence-corrected chi connectivity index (χ3v) is 4.60. The minimum absolute atomic E-state index is 0.0823. The molecule has 0 spiro atoms. The minimum Gasteiger partial charge on any atom is -0.337 e. The molecule has 2 heterocycles. The second-order valence-electron chi connectivity index (χ2n) is 6.43. The second kappa shape index (κ2) is 7.11. The van der Waals surface area contributed by atoms with Gasteiger partial charge in [-0.3, -0.25) is 9.89 Å². The molecule has 0 unspecified atom stereocenters. The SMILES string of the molecule is Cc1cc(C(=O)N2CCC[C@H](CCc3c(F)cccc3F)C2)n[nH]1. The van der Waals surface area contributed by atoms with E-state index in [9.17, 15) is 13.6 Å². The molecule has 4 nitrogen and oxygen atoms in total. The van der Waals surface area contributed by atoms with Gasteiger partial charge in [-0.2, -0.15) is 5.10 Å². The lowest BCUT2D eigenvalue weighted by atomic mass is 9.91. The number of halogens is 2. The monoisotopic (exact) mass is 333 g/mol. The number of carbonyl (C=O) groups is 1. The highest BCUT2D eigenvalue weighted by Crippen LogP contribution is 2.24. The predicted octanol–water partition coefficient (Wildman–Crippen LogP) is 3.48. The Balaban J connectivity index is 1.60. The first-order valence-electron chi connectivity index (χ1n) is 8.29. The van der Waals surface area contributed by atoms with Crippen molar-refractivity contribution in [3.8, 4) is 0 Å². The number of aromatic amines is 1. The van der Waals surface area contributed by atoms with Gasteiger partial charge in [-0.25, -0.2) is 8.78 Å². The molecule has 0 saturated carbocycles. The van der Waals surface area contributed by atoms with Gasteiger partial charge in [0.25, 0.3) is 5.91 Å². The van der Waals surface area contributed by atoms with E-state index in [0.717, 1.165) is 18.5 Å². The first-order valence-corrected chi connectivity index (χ1v) is 8.29. The lowest BCUT2D eigenvalue weighted by molar-refractivity contribution is 0.0662. The number of likely N-dealkylation sites (tertiary alicyclic amines) is 1. The molecule has 1 aliphatic heterocycles. The Morgan fingerprint density at radius 3 is 2.79 bits per heavy atom. The normalized spacial score (nSPS) is 18.0. The van der Waals surface area contributed by atoms with E-state index in [-0.39, 0.29) is 17.4 Å². The van der Waals surface area contributed by atoms with Crippen LogP contribution in [0, 0.1) is 24.5 Å². The number of amides is 1. The number of carbonyl (C=O) groups excluding carboxylic acids is 1. The molecule has 128 valence electrons. The zero-order valence-corrected chi connectivity index (χ0v) is 13.7. The lowest BCUT2D eigenvalue weighted by Gasteiger charge is -2.32. The van der Waals surface area contributed by atoms with Crippen LogP contribution in [0.4, 0.5) is 8.78 Å². The van der Waals surface area contributed by atoms with Crippen molar-refractivity contribution >= 4 is 5.91 Å². The van der Waals surface area contributed by atoms with Gasteiger partial charge in [0.1, 0.15) is 17.3 Å². The highest BCUT2D eigenvalue weighted by atomic mass is 19.1. The molecule has 1 aromatic heterocycles. The quantitative estimate of drug-likeness (QED) is 0.931. The average molecular weight is 333 g/mol. The van der Waals surface area contributed by atoms with Crippen molar-refractivity contribution in [2.24, 2.45) is 5.92 Å². The van der Waals surface area contributed by atoms with Crippen molar-refractivity contribution in [3.63, 3.8) is 0 Å². The molecule has 24 heavy (non-hydrogen) atoms. The highest BCUT2D eigenvalue weighted by molar-refractivity contribution is 5.92. The van der Waals surface area contributed by atoms with E-state index < -0.39 is 11.6 Å². The number of hydrogen-bond donors (Lipinski definition) is 1. The van der Waals surface area contributed by atoms with Crippen LogP contribution in [-0.2, 0) is 6.42 Å². The summed E-state index contributed by atoms with van der Waals surface area (Å²) in [4.78, 5) is 14.3. The number of rotatable bonds is 4. The summed E-state index contributed by atoms with van der Waals surface area (Å²) in [6.45, 7) is 3.17. The van der Waals surface area contributed by atoms with Crippen molar-refractivity contribution < 1.29 is 13.6 Å². The van der Waals surface area contributed by atoms with Crippen molar-refractivity contribution in [2.45, 2.75) is 32.6 Å². The number of aryl methyl sites for hydroxylation is 1. The number of nitrogens with zero attached hydrogens (tertiary/aromatic N) is 2. The van der Waals surface area contributed by atoms with Gasteiger partial charge in [0.15, 0.2) is 0 Å². The molecule has 0 aliphatic carbocycles. The summed E-state index contributed by atoms with van der Waals surface area (Å²) >= 11 is 0. The summed E-state index contributed by atoms with van der Waals surface area (Å²) < 4.78 is 27.4. The number of nitrogens with one attached hydrogen (secondary N) is 1. The Bertz CT molecular complexity index is 709. The summed E-state index contributed by atoms with van der Waals surface area (Å²) in [6.07, 6.45) is 2.90. The maximum Gasteiger partial charge on any atom is 0.274 e. The number of benzene rings is 1. The summed E-state index contributed by atoms with van der Waals surface area (Å²) in [7, 11) is 0. The van der Waals surface area contributed by atoms with E-state index in [1.54, 1.807) is 11.0 Å². The average Bonchev–Trinajstić information content (AvgIpc) is 3.00. The first-order chi connectivity index (χ1) is 11.5. The molecular weight excluding hydrogens is 312 g/mol. The van der Waals surface area contributed by atoms with E-state index in [1.807, 2.05) is 6.92 Å². The number of aromatic nitrogens is 2. The summed E-state index contributed by atoms with van der Waals surface area (Å²) in [6, 6.07) is 5.69. The third-order valence-electron chi connectivity index (χ3n) is 4.60. The van der Waals surface area contributed by atoms with Crippen LogP contribution in [0.2, 0.25) is 0 Å². The largest absolute Gasteiger partial charge is 0.337 e. The van der Waals surface area contributed by atoms with Crippen LogP contribution in [0.3, 0.4) is 0 Å². The Morgan fingerprint density at radius 1 is 1.38 bits per heavy atom. The van der Waals surface area contributed by atoms with Gasteiger partial charge in [-0.05, 0) is 56.7 Å². The van der Waals surface area contributed by atoms with Crippen molar-refractivity contribution in [1.82, 2.24) is 15.1 Å². The summed E-state index contributed by atoms with van der Waals surface area (Å²) in [5.74, 6) is -0.820. The molecule has 1 N–H and O–H groups in total. The van der Waals surface area contributed by atoms with Crippen LogP contribution < -0.4 is 0 Å².